The van der Waals surface area contributed by atoms with Gasteiger partial charge in [0.1, 0.15) is 12.8 Å². The maximum absolute atomic E-state index is 13.2. The number of para-hydroxylation sites is 1. The fourth-order valence-electron chi connectivity index (χ4n) is 5.46. The molecule has 0 unspecified atom stereocenters. The van der Waals surface area contributed by atoms with Crippen molar-refractivity contribution < 1.29 is 31.4 Å². The summed E-state index contributed by atoms with van der Waals surface area (Å²) in [6.07, 6.45) is 7.42. The Kier molecular flexibility index (Phi) is 5.02. The Morgan fingerprint density at radius 3 is 2.67 bits per heavy atom. The highest BCUT2D eigenvalue weighted by Crippen LogP contribution is 2.50. The van der Waals surface area contributed by atoms with Gasteiger partial charge in [-0.2, -0.15) is 0 Å². The Bertz CT molecular complexity index is 1050. The minimum Gasteiger partial charge on any atom is -0.468 e. The number of benzene rings is 1. The van der Waals surface area contributed by atoms with Gasteiger partial charge in [-0.1, -0.05) is 31.2 Å². The zero-order chi connectivity index (χ0) is 21.7. The smallest absolute Gasteiger partial charge is 0.468 e. The van der Waals surface area contributed by atoms with E-state index in [1.807, 2.05) is 6.07 Å². The molecule has 0 saturated heterocycles. The van der Waals surface area contributed by atoms with Crippen molar-refractivity contribution >= 4 is 30.3 Å². The first kappa shape index (κ1) is 20.7. The fraction of sp³-hybridized carbons (Fsp3) is 0.429. The zero-order valence-corrected chi connectivity index (χ0v) is 16.8. The van der Waals surface area contributed by atoms with Crippen molar-refractivity contribution in [2.45, 2.75) is 37.6 Å². The Labute approximate surface area is 171 Å². The number of halogens is 4. The average Bonchev–Trinajstić information content (AvgIpc) is 3.04. The van der Waals surface area contributed by atoms with E-state index in [0.717, 1.165) is 37.0 Å². The summed E-state index contributed by atoms with van der Waals surface area (Å²) in [5.41, 5.74) is 4.25. The lowest BCUT2D eigenvalue weighted by Crippen LogP contribution is -2.59. The molecule has 1 N–H and O–H groups in total. The average molecular weight is 422 g/mol. The predicted molar refractivity (Wildman–Crippen MR) is 107 cm³/mol. The summed E-state index contributed by atoms with van der Waals surface area (Å²) in [6, 6.07) is 8.47. The van der Waals surface area contributed by atoms with Crippen LogP contribution in [0.25, 0.3) is 10.9 Å². The van der Waals surface area contributed by atoms with Crippen LogP contribution in [0.1, 0.15) is 31.0 Å². The molecule has 0 saturated carbocycles. The van der Waals surface area contributed by atoms with Crippen LogP contribution >= 0.6 is 0 Å². The van der Waals surface area contributed by atoms with Gasteiger partial charge in [0.2, 0.25) is 0 Å². The number of hydrogen-bond donors (Lipinski definition) is 1. The van der Waals surface area contributed by atoms with Gasteiger partial charge in [-0.25, -0.2) is 4.58 Å². The number of hydrogen-bond acceptors (Lipinski definition) is 2. The lowest BCUT2D eigenvalue weighted by Gasteiger charge is -2.43. The monoisotopic (exact) mass is 422 g/mol. The van der Waals surface area contributed by atoms with E-state index in [1.165, 1.54) is 23.6 Å². The molecule has 6 rings (SSSR count). The number of allylic oxidation sites excluding steroid dienone is 1. The third kappa shape index (κ3) is 3.24. The number of nitrogens with one attached hydrogen (secondary N) is 1. The number of fused-ring (bicyclic) bond motifs is 3. The van der Waals surface area contributed by atoms with E-state index in [9.17, 15) is 22.1 Å². The second-order valence-corrected chi connectivity index (χ2v) is 7.98. The number of esters is 1. The van der Waals surface area contributed by atoms with Gasteiger partial charge in [-0.05, 0) is 30.0 Å². The molecule has 1 aromatic carbocycles. The Balaban J connectivity index is 0.000000393. The summed E-state index contributed by atoms with van der Waals surface area (Å²) in [7, 11) is -4.48. The molecule has 4 bridgehead atoms. The van der Waals surface area contributed by atoms with Crippen molar-refractivity contribution in [3.05, 3.63) is 47.2 Å². The van der Waals surface area contributed by atoms with Crippen LogP contribution in [0.5, 0.6) is 0 Å². The molecule has 0 amide bonds. The van der Waals surface area contributed by atoms with Gasteiger partial charge in [0.05, 0.1) is 13.0 Å². The number of ether oxygens (including phenoxy) is 1. The molecule has 160 valence electrons. The largest absolute Gasteiger partial charge is 0.673 e. The van der Waals surface area contributed by atoms with Crippen molar-refractivity contribution in [2.75, 3.05) is 13.7 Å². The number of rotatable bonds is 2. The number of carbonyl (C=O) groups excluding carboxylic acids is 1. The van der Waals surface area contributed by atoms with Crippen LogP contribution < -0.4 is 0 Å². The molecule has 2 aromatic rings. The molecule has 0 radical (unpaired) electrons. The molecule has 1 aromatic heterocycles. The number of H-pyrrole nitrogens is 1. The van der Waals surface area contributed by atoms with Crippen LogP contribution in [0.15, 0.2) is 35.9 Å². The predicted octanol–water partition coefficient (Wildman–Crippen LogP) is 4.26. The third-order valence-corrected chi connectivity index (χ3v) is 6.36. The summed E-state index contributed by atoms with van der Waals surface area (Å²) < 4.78 is 46.8. The SMILES string of the molecule is CCC1=C[C@@H]2C=[N+]3CCc4c([nH]c5ccccc45)[C@@](C(=O)OC)(C2)[C@@H]13.F[B-](F)(F)F. The van der Waals surface area contributed by atoms with Gasteiger partial charge in [-0.3, -0.25) is 4.79 Å². The van der Waals surface area contributed by atoms with Crippen molar-refractivity contribution in [1.82, 2.24) is 4.98 Å². The maximum atomic E-state index is 13.2. The summed E-state index contributed by atoms with van der Waals surface area (Å²) >= 11 is 0. The van der Waals surface area contributed by atoms with Gasteiger partial charge in [0, 0.05) is 23.0 Å². The topological polar surface area (TPSA) is 45.1 Å². The number of aromatic amines is 1. The molecule has 3 atom stereocenters. The van der Waals surface area contributed by atoms with E-state index >= 15 is 0 Å². The second kappa shape index (κ2) is 7.28. The van der Waals surface area contributed by atoms with Crippen molar-refractivity contribution in [3.8, 4) is 0 Å². The highest BCUT2D eigenvalue weighted by Gasteiger charge is 2.63. The van der Waals surface area contributed by atoms with Gasteiger partial charge in [0.15, 0.2) is 11.5 Å². The maximum Gasteiger partial charge on any atom is 0.673 e. The van der Waals surface area contributed by atoms with Crippen molar-refractivity contribution in [1.29, 1.82) is 0 Å². The van der Waals surface area contributed by atoms with E-state index in [1.54, 1.807) is 0 Å². The number of methoxy groups -OCH3 is 1. The zero-order valence-electron chi connectivity index (χ0n) is 16.8. The van der Waals surface area contributed by atoms with Crippen LogP contribution in [0.2, 0.25) is 0 Å². The number of carbonyl (C=O) groups is 1. The van der Waals surface area contributed by atoms with Crippen LogP contribution in [0, 0.1) is 5.92 Å². The van der Waals surface area contributed by atoms with Crippen LogP contribution in [-0.4, -0.2) is 48.7 Å². The standard InChI is InChI=1S/C21H23N2O2.BF4/c1-3-14-10-13-11-21(20(24)25-2)18-16(8-9-23(12-13)19(14)21)15-6-4-5-7-17(15)22-18;2-1(3,4)5/h4-7,10,12-13,19,22H,3,8-9,11H2,1-2H3;/q+1;-1/t13-,19+,21-;/m0./s1. The van der Waals surface area contributed by atoms with Crippen LogP contribution in [0.4, 0.5) is 17.3 Å². The molecular formula is C21H23BF4N2O2. The molecule has 9 heteroatoms. The van der Waals surface area contributed by atoms with Crippen molar-refractivity contribution in [2.24, 2.45) is 5.92 Å². The highest BCUT2D eigenvalue weighted by atomic mass is 19.5. The molecule has 1 aliphatic carbocycles. The molecule has 4 nitrogen and oxygen atoms in total. The van der Waals surface area contributed by atoms with E-state index in [2.05, 4.69) is 47.0 Å². The van der Waals surface area contributed by atoms with E-state index in [4.69, 9.17) is 4.74 Å². The van der Waals surface area contributed by atoms with E-state index < -0.39 is 12.7 Å². The fourth-order valence-corrected chi connectivity index (χ4v) is 5.46. The lowest BCUT2D eigenvalue weighted by atomic mass is 9.62. The van der Waals surface area contributed by atoms with Crippen LogP contribution in [0.3, 0.4) is 0 Å². The molecule has 4 aliphatic rings. The molecule has 3 aliphatic heterocycles. The van der Waals surface area contributed by atoms with Gasteiger partial charge >= 0.3 is 13.2 Å². The summed E-state index contributed by atoms with van der Waals surface area (Å²) in [6.45, 7) is 3.14. The Morgan fingerprint density at radius 2 is 2.00 bits per heavy atom. The minimum absolute atomic E-state index is 0.0734. The first-order chi connectivity index (χ1) is 14.2. The number of nitrogens with zero attached hydrogens (tertiary/aromatic N) is 1. The molecule has 0 fully saturated rings. The van der Waals surface area contributed by atoms with Gasteiger partial charge in [-0.15, -0.1) is 0 Å². The third-order valence-electron chi connectivity index (χ3n) is 6.36. The Morgan fingerprint density at radius 1 is 1.30 bits per heavy atom. The first-order valence-corrected chi connectivity index (χ1v) is 10.1. The normalized spacial score (nSPS) is 26.7. The molecule has 4 heterocycles. The summed E-state index contributed by atoms with van der Waals surface area (Å²) in [5.74, 6) is 0.200. The van der Waals surface area contributed by atoms with E-state index in [-0.39, 0.29) is 12.0 Å². The first-order valence-electron chi connectivity index (χ1n) is 10.1. The molecular weight excluding hydrogens is 399 g/mol. The van der Waals surface area contributed by atoms with Gasteiger partial charge in [0.25, 0.3) is 0 Å². The number of aromatic nitrogens is 1. The molecule has 0 spiro atoms. The Hall–Kier alpha value is -2.58. The quantitative estimate of drug-likeness (QED) is 0.259. The highest BCUT2D eigenvalue weighted by molar-refractivity contribution is 6.50. The second-order valence-electron chi connectivity index (χ2n) is 7.98. The lowest BCUT2D eigenvalue weighted by molar-refractivity contribution is -0.568. The minimum atomic E-state index is -6.00. The summed E-state index contributed by atoms with van der Waals surface area (Å²) in [5, 5.41) is 1.24. The molecule has 30 heavy (non-hydrogen) atoms. The summed E-state index contributed by atoms with van der Waals surface area (Å²) in [4.78, 5) is 16.9. The van der Waals surface area contributed by atoms with Crippen molar-refractivity contribution in [3.63, 3.8) is 0 Å². The van der Waals surface area contributed by atoms with E-state index in [0.29, 0.717) is 5.92 Å². The van der Waals surface area contributed by atoms with Gasteiger partial charge < -0.3 is 27.0 Å². The van der Waals surface area contributed by atoms with Crippen LogP contribution in [-0.2, 0) is 21.4 Å².